The Morgan fingerprint density at radius 2 is 1.81 bits per heavy atom. The van der Waals surface area contributed by atoms with Crippen LogP contribution in [0.1, 0.15) is 30.8 Å². The third-order valence-electron chi connectivity index (χ3n) is 4.31. The topological polar surface area (TPSA) is 37.2 Å². The fourth-order valence-corrected chi connectivity index (χ4v) is 2.61. The van der Waals surface area contributed by atoms with Gasteiger partial charge in [-0.25, -0.2) is 0 Å². The highest BCUT2D eigenvalue weighted by Crippen LogP contribution is 2.20. The second-order valence-corrected chi connectivity index (χ2v) is 5.90. The van der Waals surface area contributed by atoms with Gasteiger partial charge >= 0.3 is 0 Å². The van der Waals surface area contributed by atoms with E-state index in [0.717, 1.165) is 6.54 Å². The molecule has 0 bridgehead atoms. The summed E-state index contributed by atoms with van der Waals surface area (Å²) in [4.78, 5) is 0. The molecular formula is C18H26N2O. The van der Waals surface area contributed by atoms with Crippen LogP contribution in [0.3, 0.4) is 0 Å². The maximum Gasteiger partial charge on any atom is 0.0471 e. The van der Waals surface area contributed by atoms with Gasteiger partial charge in [-0.3, -0.25) is 0 Å². The summed E-state index contributed by atoms with van der Waals surface area (Å²) in [5, 5.41) is 12.7. The van der Waals surface area contributed by atoms with E-state index in [0.29, 0.717) is 6.04 Å². The summed E-state index contributed by atoms with van der Waals surface area (Å²) in [5.41, 5.74) is 5.04. The number of hydrogen-bond donors (Lipinski definition) is 2. The molecule has 3 heteroatoms. The number of aryl methyl sites for hydroxylation is 1. The first kappa shape index (κ1) is 15.8. The summed E-state index contributed by atoms with van der Waals surface area (Å²) < 4.78 is 2.29. The summed E-state index contributed by atoms with van der Waals surface area (Å²) in [6, 6.07) is 13.0. The van der Waals surface area contributed by atoms with Crippen molar-refractivity contribution in [3.8, 4) is 5.69 Å². The van der Waals surface area contributed by atoms with Crippen LogP contribution in [0.5, 0.6) is 0 Å². The molecule has 0 aliphatic carbocycles. The Balaban J connectivity index is 2.16. The first-order valence-corrected chi connectivity index (χ1v) is 7.62. The maximum atomic E-state index is 9.21. The summed E-state index contributed by atoms with van der Waals surface area (Å²) in [5.74, 6) is 0.266. The SMILES string of the molecule is Cc1cc(CNC(C)C(C)CO)c(C)n1-c1ccccc1. The van der Waals surface area contributed by atoms with E-state index in [2.05, 4.69) is 67.9 Å². The number of aliphatic hydroxyl groups is 1. The minimum atomic E-state index is 0.219. The van der Waals surface area contributed by atoms with Crippen molar-refractivity contribution >= 4 is 0 Å². The molecule has 0 amide bonds. The highest BCUT2D eigenvalue weighted by Gasteiger charge is 2.13. The Kier molecular flexibility index (Phi) is 5.21. The van der Waals surface area contributed by atoms with E-state index in [1.165, 1.54) is 22.6 Å². The highest BCUT2D eigenvalue weighted by molar-refractivity contribution is 5.40. The molecule has 1 aromatic heterocycles. The lowest BCUT2D eigenvalue weighted by Crippen LogP contribution is -2.33. The normalized spacial score (nSPS) is 14.1. The third kappa shape index (κ3) is 3.55. The number of aliphatic hydroxyl groups excluding tert-OH is 1. The molecule has 0 fully saturated rings. The van der Waals surface area contributed by atoms with Gasteiger partial charge < -0.3 is 15.0 Å². The molecule has 1 heterocycles. The number of hydrogen-bond acceptors (Lipinski definition) is 2. The Bertz CT molecular complexity index is 574. The van der Waals surface area contributed by atoms with Crippen LogP contribution in [-0.4, -0.2) is 22.3 Å². The predicted molar refractivity (Wildman–Crippen MR) is 87.8 cm³/mol. The van der Waals surface area contributed by atoms with Crippen molar-refractivity contribution in [1.82, 2.24) is 9.88 Å². The van der Waals surface area contributed by atoms with Crippen LogP contribution in [-0.2, 0) is 6.54 Å². The van der Waals surface area contributed by atoms with Crippen molar-refractivity contribution in [3.63, 3.8) is 0 Å². The second kappa shape index (κ2) is 6.92. The largest absolute Gasteiger partial charge is 0.396 e. The Labute approximate surface area is 127 Å². The lowest BCUT2D eigenvalue weighted by molar-refractivity contribution is 0.207. The number of para-hydroxylation sites is 1. The Morgan fingerprint density at radius 1 is 1.14 bits per heavy atom. The van der Waals surface area contributed by atoms with E-state index >= 15 is 0 Å². The van der Waals surface area contributed by atoms with E-state index < -0.39 is 0 Å². The van der Waals surface area contributed by atoms with Gasteiger partial charge in [0.1, 0.15) is 0 Å². The van der Waals surface area contributed by atoms with Crippen molar-refractivity contribution in [2.45, 2.75) is 40.3 Å². The van der Waals surface area contributed by atoms with Gasteiger partial charge in [-0.15, -0.1) is 0 Å². The molecule has 114 valence electrons. The Hall–Kier alpha value is -1.58. The van der Waals surface area contributed by atoms with Gasteiger partial charge in [0.2, 0.25) is 0 Å². The summed E-state index contributed by atoms with van der Waals surface area (Å²) in [7, 11) is 0. The molecule has 2 aromatic rings. The number of nitrogens with one attached hydrogen (secondary N) is 1. The summed E-state index contributed by atoms with van der Waals surface area (Å²) in [6.45, 7) is 9.54. The fourth-order valence-electron chi connectivity index (χ4n) is 2.61. The minimum Gasteiger partial charge on any atom is -0.396 e. The zero-order valence-corrected chi connectivity index (χ0v) is 13.4. The molecule has 2 rings (SSSR count). The van der Waals surface area contributed by atoms with Crippen LogP contribution >= 0.6 is 0 Å². The van der Waals surface area contributed by atoms with Gasteiger partial charge in [-0.05, 0) is 50.5 Å². The van der Waals surface area contributed by atoms with Crippen LogP contribution in [0, 0.1) is 19.8 Å². The third-order valence-corrected chi connectivity index (χ3v) is 4.31. The summed E-state index contributed by atoms with van der Waals surface area (Å²) >= 11 is 0. The molecule has 21 heavy (non-hydrogen) atoms. The molecule has 0 spiro atoms. The molecule has 0 saturated heterocycles. The average Bonchev–Trinajstić information content (AvgIpc) is 2.79. The van der Waals surface area contributed by atoms with E-state index in [9.17, 15) is 5.11 Å². The fraction of sp³-hybridized carbons (Fsp3) is 0.444. The molecule has 1 aromatic carbocycles. The first-order chi connectivity index (χ1) is 10.0. The van der Waals surface area contributed by atoms with Crippen molar-refractivity contribution in [2.24, 2.45) is 5.92 Å². The van der Waals surface area contributed by atoms with Crippen molar-refractivity contribution < 1.29 is 5.11 Å². The van der Waals surface area contributed by atoms with Crippen LogP contribution < -0.4 is 5.32 Å². The molecule has 0 aliphatic rings. The lowest BCUT2D eigenvalue weighted by Gasteiger charge is -2.19. The number of nitrogens with zero attached hydrogens (tertiary/aromatic N) is 1. The Morgan fingerprint density at radius 3 is 2.43 bits per heavy atom. The van der Waals surface area contributed by atoms with Gasteiger partial charge in [0.15, 0.2) is 0 Å². The maximum absolute atomic E-state index is 9.21. The zero-order valence-electron chi connectivity index (χ0n) is 13.4. The number of aromatic nitrogens is 1. The quantitative estimate of drug-likeness (QED) is 0.855. The molecular weight excluding hydrogens is 260 g/mol. The van der Waals surface area contributed by atoms with Crippen LogP contribution in [0.25, 0.3) is 5.69 Å². The van der Waals surface area contributed by atoms with E-state index in [4.69, 9.17) is 0 Å². The van der Waals surface area contributed by atoms with Gasteiger partial charge in [-0.1, -0.05) is 25.1 Å². The van der Waals surface area contributed by atoms with E-state index in [1.807, 2.05) is 6.07 Å². The van der Waals surface area contributed by atoms with Crippen LogP contribution in [0.2, 0.25) is 0 Å². The van der Waals surface area contributed by atoms with Gasteiger partial charge in [0, 0.05) is 36.3 Å². The molecule has 0 radical (unpaired) electrons. The van der Waals surface area contributed by atoms with E-state index in [-0.39, 0.29) is 12.5 Å². The second-order valence-electron chi connectivity index (χ2n) is 5.90. The van der Waals surface area contributed by atoms with Crippen molar-refractivity contribution in [3.05, 3.63) is 53.3 Å². The van der Waals surface area contributed by atoms with E-state index in [1.54, 1.807) is 0 Å². The number of rotatable bonds is 6. The van der Waals surface area contributed by atoms with Gasteiger partial charge in [-0.2, -0.15) is 0 Å². The molecule has 3 nitrogen and oxygen atoms in total. The monoisotopic (exact) mass is 286 g/mol. The number of benzene rings is 1. The average molecular weight is 286 g/mol. The standard InChI is InChI=1S/C18H26N2O/c1-13(12-21)15(3)19-11-17-10-14(2)20(16(17)4)18-8-6-5-7-9-18/h5-10,13,15,19,21H,11-12H2,1-4H3. The molecule has 2 unspecified atom stereocenters. The molecule has 0 saturated carbocycles. The summed E-state index contributed by atoms with van der Waals surface area (Å²) in [6.07, 6.45) is 0. The van der Waals surface area contributed by atoms with Crippen molar-refractivity contribution in [2.75, 3.05) is 6.61 Å². The molecule has 2 atom stereocenters. The van der Waals surface area contributed by atoms with Crippen LogP contribution in [0.15, 0.2) is 36.4 Å². The zero-order chi connectivity index (χ0) is 15.4. The van der Waals surface area contributed by atoms with Gasteiger partial charge in [0.25, 0.3) is 0 Å². The first-order valence-electron chi connectivity index (χ1n) is 7.62. The van der Waals surface area contributed by atoms with Crippen molar-refractivity contribution in [1.29, 1.82) is 0 Å². The van der Waals surface area contributed by atoms with Gasteiger partial charge in [0.05, 0.1) is 0 Å². The lowest BCUT2D eigenvalue weighted by atomic mass is 10.0. The van der Waals surface area contributed by atoms with Crippen LogP contribution in [0.4, 0.5) is 0 Å². The predicted octanol–water partition coefficient (Wildman–Crippen LogP) is 3.20. The highest BCUT2D eigenvalue weighted by atomic mass is 16.3. The molecule has 2 N–H and O–H groups in total. The minimum absolute atomic E-state index is 0.219. The smallest absolute Gasteiger partial charge is 0.0471 e. The molecule has 0 aliphatic heterocycles.